The van der Waals surface area contributed by atoms with Gasteiger partial charge in [0.15, 0.2) is 0 Å². The van der Waals surface area contributed by atoms with E-state index >= 15 is 0 Å². The molecular formula is C10H9BrN2OS. The summed E-state index contributed by atoms with van der Waals surface area (Å²) in [6, 6.07) is 4.04. The Morgan fingerprint density at radius 2 is 2.47 bits per heavy atom. The first-order valence-corrected chi connectivity index (χ1v) is 6.26. The Hall–Kier alpha value is -0.860. The highest BCUT2D eigenvalue weighted by Crippen LogP contribution is 2.45. The minimum absolute atomic E-state index is 0.130. The van der Waals surface area contributed by atoms with E-state index in [1.807, 2.05) is 11.4 Å². The lowest BCUT2D eigenvalue weighted by atomic mass is 10.1. The molecule has 2 rings (SSSR count). The van der Waals surface area contributed by atoms with Crippen LogP contribution in [-0.2, 0) is 11.3 Å². The molecular weight excluding hydrogens is 276 g/mol. The van der Waals surface area contributed by atoms with Gasteiger partial charge >= 0.3 is 0 Å². The summed E-state index contributed by atoms with van der Waals surface area (Å²) in [5.41, 5.74) is -0.714. The van der Waals surface area contributed by atoms with Gasteiger partial charge in [-0.15, -0.1) is 11.3 Å². The van der Waals surface area contributed by atoms with Gasteiger partial charge in [0.2, 0.25) is 5.91 Å². The summed E-state index contributed by atoms with van der Waals surface area (Å²) in [7, 11) is 0. The van der Waals surface area contributed by atoms with E-state index in [-0.39, 0.29) is 5.91 Å². The molecule has 0 bridgehead atoms. The van der Waals surface area contributed by atoms with Crippen molar-refractivity contribution >= 4 is 33.2 Å². The van der Waals surface area contributed by atoms with Crippen LogP contribution in [0, 0.1) is 16.7 Å². The molecule has 0 saturated heterocycles. The van der Waals surface area contributed by atoms with Crippen molar-refractivity contribution in [2.75, 3.05) is 0 Å². The predicted molar refractivity (Wildman–Crippen MR) is 61.1 cm³/mol. The Bertz CT molecular complexity index is 431. The van der Waals surface area contributed by atoms with Crippen LogP contribution in [0.3, 0.4) is 0 Å². The quantitative estimate of drug-likeness (QED) is 0.927. The maximum atomic E-state index is 11.6. The number of amides is 1. The maximum absolute atomic E-state index is 11.6. The molecule has 0 aliphatic heterocycles. The number of rotatable bonds is 3. The van der Waals surface area contributed by atoms with Gasteiger partial charge in [0.05, 0.1) is 12.6 Å². The van der Waals surface area contributed by atoms with Crippen LogP contribution in [0.2, 0.25) is 0 Å². The van der Waals surface area contributed by atoms with Gasteiger partial charge in [-0.05, 0) is 34.8 Å². The molecule has 78 valence electrons. The van der Waals surface area contributed by atoms with Crippen molar-refractivity contribution in [3.8, 4) is 6.07 Å². The highest BCUT2D eigenvalue weighted by atomic mass is 79.9. The molecule has 0 aromatic carbocycles. The van der Waals surface area contributed by atoms with Gasteiger partial charge in [-0.3, -0.25) is 4.79 Å². The standard InChI is InChI=1S/C10H9BrN2OS/c11-7-3-8(15-5-7)4-13-9(14)10(6-12)1-2-10/h3,5H,1-2,4H2,(H,13,14). The number of hydrogen-bond acceptors (Lipinski definition) is 3. The van der Waals surface area contributed by atoms with Gasteiger partial charge in [0.1, 0.15) is 5.41 Å². The summed E-state index contributed by atoms with van der Waals surface area (Å²) >= 11 is 4.94. The molecule has 1 amide bonds. The van der Waals surface area contributed by atoms with Crippen molar-refractivity contribution < 1.29 is 4.79 Å². The lowest BCUT2D eigenvalue weighted by Gasteiger charge is -2.06. The lowest BCUT2D eigenvalue weighted by Crippen LogP contribution is -2.30. The Labute approximate surface area is 100 Å². The smallest absolute Gasteiger partial charge is 0.240 e. The third-order valence-electron chi connectivity index (χ3n) is 2.44. The van der Waals surface area contributed by atoms with E-state index in [0.717, 1.165) is 9.35 Å². The Morgan fingerprint density at radius 1 is 1.73 bits per heavy atom. The highest BCUT2D eigenvalue weighted by molar-refractivity contribution is 9.10. The molecule has 0 atom stereocenters. The molecule has 1 aliphatic carbocycles. The third kappa shape index (κ3) is 2.21. The maximum Gasteiger partial charge on any atom is 0.240 e. The number of nitriles is 1. The molecule has 0 unspecified atom stereocenters. The molecule has 5 heteroatoms. The minimum Gasteiger partial charge on any atom is -0.350 e. The van der Waals surface area contributed by atoms with Crippen LogP contribution in [0.1, 0.15) is 17.7 Å². The summed E-state index contributed by atoms with van der Waals surface area (Å²) in [6.45, 7) is 0.512. The van der Waals surface area contributed by atoms with Crippen molar-refractivity contribution in [1.82, 2.24) is 5.32 Å². The van der Waals surface area contributed by atoms with E-state index in [1.165, 1.54) is 0 Å². The second-order valence-corrected chi connectivity index (χ2v) is 5.52. The SMILES string of the molecule is N#CC1(C(=O)NCc2cc(Br)cs2)CC1. The van der Waals surface area contributed by atoms with Gasteiger partial charge in [-0.25, -0.2) is 0 Å². The van der Waals surface area contributed by atoms with Gasteiger partial charge in [-0.2, -0.15) is 5.26 Å². The summed E-state index contributed by atoms with van der Waals surface area (Å²) < 4.78 is 1.03. The molecule has 0 spiro atoms. The van der Waals surface area contributed by atoms with Crippen LogP contribution in [0.25, 0.3) is 0 Å². The predicted octanol–water partition coefficient (Wildman–Crippen LogP) is 2.43. The van der Waals surface area contributed by atoms with E-state index < -0.39 is 5.41 Å². The molecule has 1 aliphatic rings. The number of thiophene rings is 1. The van der Waals surface area contributed by atoms with E-state index in [2.05, 4.69) is 27.3 Å². The second kappa shape index (κ2) is 3.95. The van der Waals surface area contributed by atoms with Gasteiger partial charge in [0.25, 0.3) is 0 Å². The zero-order valence-corrected chi connectivity index (χ0v) is 10.3. The van der Waals surface area contributed by atoms with E-state index in [9.17, 15) is 4.79 Å². The van der Waals surface area contributed by atoms with Crippen LogP contribution >= 0.6 is 27.3 Å². The Kier molecular flexibility index (Phi) is 2.81. The number of carbonyl (C=O) groups is 1. The normalized spacial score (nSPS) is 16.8. The third-order valence-corrected chi connectivity index (χ3v) is 4.14. The van der Waals surface area contributed by atoms with Gasteiger partial charge in [-0.1, -0.05) is 0 Å². The Morgan fingerprint density at radius 3 is 2.93 bits per heavy atom. The molecule has 1 aromatic rings. The molecule has 1 heterocycles. The van der Waals surface area contributed by atoms with Crippen LogP contribution in [0.15, 0.2) is 15.9 Å². The fraction of sp³-hybridized carbons (Fsp3) is 0.400. The number of hydrogen-bond donors (Lipinski definition) is 1. The minimum atomic E-state index is -0.714. The van der Waals surface area contributed by atoms with Crippen molar-refractivity contribution in [3.05, 3.63) is 20.8 Å². The largest absolute Gasteiger partial charge is 0.350 e. The highest BCUT2D eigenvalue weighted by Gasteiger charge is 2.50. The van der Waals surface area contributed by atoms with Crippen molar-refractivity contribution in [2.24, 2.45) is 5.41 Å². The average molecular weight is 285 g/mol. The lowest BCUT2D eigenvalue weighted by molar-refractivity contribution is -0.124. The second-order valence-electron chi connectivity index (χ2n) is 3.61. The summed E-state index contributed by atoms with van der Waals surface area (Å²) in [5.74, 6) is -0.130. The molecule has 1 saturated carbocycles. The molecule has 15 heavy (non-hydrogen) atoms. The number of halogens is 1. The Balaban J connectivity index is 1.89. The molecule has 1 N–H and O–H groups in total. The molecule has 1 fully saturated rings. The van der Waals surface area contributed by atoms with Gasteiger partial charge < -0.3 is 5.32 Å². The fourth-order valence-electron chi connectivity index (χ4n) is 1.30. The number of carbonyl (C=O) groups excluding carboxylic acids is 1. The molecule has 1 aromatic heterocycles. The van der Waals surface area contributed by atoms with E-state index in [1.54, 1.807) is 11.3 Å². The summed E-state index contributed by atoms with van der Waals surface area (Å²) in [4.78, 5) is 12.7. The van der Waals surface area contributed by atoms with Crippen LogP contribution in [0.4, 0.5) is 0 Å². The van der Waals surface area contributed by atoms with Crippen molar-refractivity contribution in [2.45, 2.75) is 19.4 Å². The average Bonchev–Trinajstić information content (AvgIpc) is 2.93. The zero-order chi connectivity index (χ0) is 10.9. The van der Waals surface area contributed by atoms with Crippen LogP contribution in [-0.4, -0.2) is 5.91 Å². The fourth-order valence-corrected chi connectivity index (χ4v) is 2.69. The number of nitrogens with one attached hydrogen (secondary N) is 1. The molecule has 3 nitrogen and oxygen atoms in total. The van der Waals surface area contributed by atoms with Crippen LogP contribution in [0.5, 0.6) is 0 Å². The van der Waals surface area contributed by atoms with Gasteiger partial charge in [0, 0.05) is 14.7 Å². The summed E-state index contributed by atoms with van der Waals surface area (Å²) in [5, 5.41) is 13.6. The summed E-state index contributed by atoms with van der Waals surface area (Å²) in [6.07, 6.45) is 1.40. The van der Waals surface area contributed by atoms with Crippen LogP contribution < -0.4 is 5.32 Å². The van der Waals surface area contributed by atoms with E-state index in [4.69, 9.17) is 5.26 Å². The first-order valence-electron chi connectivity index (χ1n) is 4.59. The first kappa shape index (κ1) is 10.7. The zero-order valence-electron chi connectivity index (χ0n) is 7.92. The monoisotopic (exact) mass is 284 g/mol. The molecule has 0 radical (unpaired) electrons. The first-order chi connectivity index (χ1) is 7.16. The van der Waals surface area contributed by atoms with Crippen molar-refractivity contribution in [3.63, 3.8) is 0 Å². The van der Waals surface area contributed by atoms with E-state index in [0.29, 0.717) is 19.4 Å². The topological polar surface area (TPSA) is 52.9 Å². The van der Waals surface area contributed by atoms with Crippen molar-refractivity contribution in [1.29, 1.82) is 5.26 Å². The number of nitrogens with zero attached hydrogens (tertiary/aromatic N) is 1.